The Bertz CT molecular complexity index is 1200. The molecule has 2 aromatic heterocycles. The maximum Gasteiger partial charge on any atom is 0.173 e. The van der Waals surface area contributed by atoms with E-state index in [2.05, 4.69) is 16.0 Å². The molecule has 0 fully saturated rings. The van der Waals surface area contributed by atoms with Gasteiger partial charge < -0.3 is 0 Å². The van der Waals surface area contributed by atoms with E-state index in [1.807, 2.05) is 43.3 Å². The Kier molecular flexibility index (Phi) is 4.21. The molecule has 2 aromatic carbocycles. The SMILES string of the molecule is Cc1nc(SCC(=O)c2ccc3ccccc3c2)c2c3c(sc2n1)CCC3. The quantitative estimate of drug-likeness (QED) is 0.258. The molecule has 0 bridgehead atoms. The largest absolute Gasteiger partial charge is 0.293 e. The van der Waals surface area contributed by atoms with Crippen molar-refractivity contribution in [2.75, 3.05) is 5.75 Å². The highest BCUT2D eigenvalue weighted by molar-refractivity contribution is 8.00. The van der Waals surface area contributed by atoms with Crippen molar-refractivity contribution >= 4 is 49.9 Å². The predicted molar refractivity (Wildman–Crippen MR) is 113 cm³/mol. The number of aryl methyl sites for hydroxylation is 3. The molecule has 4 aromatic rings. The summed E-state index contributed by atoms with van der Waals surface area (Å²) in [6.45, 7) is 1.93. The number of carbonyl (C=O) groups excluding carboxylic acids is 1. The number of nitrogens with zero attached hydrogens (tertiary/aromatic N) is 2. The number of carbonyl (C=O) groups is 1. The van der Waals surface area contributed by atoms with Crippen molar-refractivity contribution in [3.63, 3.8) is 0 Å². The molecular formula is C22H18N2OS2. The summed E-state index contributed by atoms with van der Waals surface area (Å²) in [5, 5.41) is 4.41. The Hall–Kier alpha value is -2.24. The lowest BCUT2D eigenvalue weighted by atomic mass is 10.1. The molecule has 1 aliphatic rings. The van der Waals surface area contributed by atoms with E-state index < -0.39 is 0 Å². The van der Waals surface area contributed by atoms with Gasteiger partial charge in [-0.25, -0.2) is 9.97 Å². The van der Waals surface area contributed by atoms with Gasteiger partial charge in [-0.15, -0.1) is 11.3 Å². The highest BCUT2D eigenvalue weighted by Crippen LogP contribution is 2.40. The number of aromatic nitrogens is 2. The van der Waals surface area contributed by atoms with Crippen molar-refractivity contribution in [2.45, 2.75) is 31.2 Å². The summed E-state index contributed by atoms with van der Waals surface area (Å²) in [6, 6.07) is 14.1. The summed E-state index contributed by atoms with van der Waals surface area (Å²) in [7, 11) is 0. The van der Waals surface area contributed by atoms with Crippen LogP contribution in [0.25, 0.3) is 21.0 Å². The minimum absolute atomic E-state index is 0.141. The fraction of sp³-hybridized carbons (Fsp3) is 0.227. The Morgan fingerprint density at radius 1 is 1.11 bits per heavy atom. The number of thioether (sulfide) groups is 1. The third-order valence-corrected chi connectivity index (χ3v) is 7.22. The zero-order chi connectivity index (χ0) is 18.4. The lowest BCUT2D eigenvalue weighted by Gasteiger charge is -2.06. The lowest BCUT2D eigenvalue weighted by molar-refractivity contribution is 0.102. The average Bonchev–Trinajstić information content (AvgIpc) is 3.26. The lowest BCUT2D eigenvalue weighted by Crippen LogP contribution is -2.03. The summed E-state index contributed by atoms with van der Waals surface area (Å²) in [4.78, 5) is 24.6. The zero-order valence-electron chi connectivity index (χ0n) is 15.0. The normalized spacial score (nSPS) is 13.4. The van der Waals surface area contributed by atoms with Gasteiger partial charge in [-0.05, 0) is 48.6 Å². The molecule has 3 nitrogen and oxygen atoms in total. The first-order chi connectivity index (χ1) is 13.2. The smallest absolute Gasteiger partial charge is 0.173 e. The van der Waals surface area contributed by atoms with Crippen molar-refractivity contribution < 1.29 is 4.79 Å². The number of Topliss-reactive ketones (excluding diaryl/α,β-unsaturated/α-hetero) is 1. The molecule has 0 unspecified atom stereocenters. The van der Waals surface area contributed by atoms with E-state index in [1.54, 1.807) is 23.1 Å². The number of benzene rings is 2. The highest BCUT2D eigenvalue weighted by Gasteiger charge is 2.22. The van der Waals surface area contributed by atoms with Gasteiger partial charge in [0.1, 0.15) is 15.7 Å². The van der Waals surface area contributed by atoms with Crippen molar-refractivity contribution in [2.24, 2.45) is 0 Å². The first-order valence-corrected chi connectivity index (χ1v) is 10.9. The fourth-order valence-corrected chi connectivity index (χ4v) is 6.12. The Morgan fingerprint density at radius 3 is 2.85 bits per heavy atom. The molecule has 0 radical (unpaired) electrons. The summed E-state index contributed by atoms with van der Waals surface area (Å²) in [6.07, 6.45) is 3.47. The van der Waals surface area contributed by atoms with Crippen LogP contribution < -0.4 is 0 Å². The number of hydrogen-bond acceptors (Lipinski definition) is 5. The number of thiophene rings is 1. The fourth-order valence-electron chi connectivity index (χ4n) is 3.75. The van der Waals surface area contributed by atoms with Crippen LogP contribution in [0.4, 0.5) is 0 Å². The van der Waals surface area contributed by atoms with Crippen LogP contribution in [0.1, 0.15) is 33.0 Å². The molecule has 0 saturated heterocycles. The van der Waals surface area contributed by atoms with E-state index in [-0.39, 0.29) is 5.78 Å². The van der Waals surface area contributed by atoms with Gasteiger partial charge in [-0.1, -0.05) is 48.2 Å². The summed E-state index contributed by atoms with van der Waals surface area (Å²) < 4.78 is 0. The highest BCUT2D eigenvalue weighted by atomic mass is 32.2. The van der Waals surface area contributed by atoms with E-state index in [0.29, 0.717) is 5.75 Å². The van der Waals surface area contributed by atoms with E-state index in [4.69, 9.17) is 0 Å². The Morgan fingerprint density at radius 2 is 1.96 bits per heavy atom. The van der Waals surface area contributed by atoms with Gasteiger partial charge >= 0.3 is 0 Å². The number of ketones is 1. The molecule has 5 heteroatoms. The van der Waals surface area contributed by atoms with Gasteiger partial charge in [0.2, 0.25) is 0 Å². The van der Waals surface area contributed by atoms with Crippen LogP contribution in [0.15, 0.2) is 47.5 Å². The van der Waals surface area contributed by atoms with Crippen molar-refractivity contribution in [1.29, 1.82) is 0 Å². The van der Waals surface area contributed by atoms with E-state index >= 15 is 0 Å². The van der Waals surface area contributed by atoms with Crippen LogP contribution in [0.5, 0.6) is 0 Å². The van der Waals surface area contributed by atoms with Gasteiger partial charge in [-0.3, -0.25) is 4.79 Å². The van der Waals surface area contributed by atoms with E-state index in [9.17, 15) is 4.79 Å². The number of fused-ring (bicyclic) bond motifs is 4. The Labute approximate surface area is 165 Å². The van der Waals surface area contributed by atoms with Crippen molar-refractivity contribution in [1.82, 2.24) is 9.97 Å². The summed E-state index contributed by atoms with van der Waals surface area (Å²) >= 11 is 3.35. The molecule has 0 N–H and O–H groups in total. The second-order valence-corrected chi connectivity index (χ2v) is 8.93. The maximum atomic E-state index is 12.8. The second-order valence-electron chi connectivity index (χ2n) is 6.89. The van der Waals surface area contributed by atoms with E-state index in [1.165, 1.54) is 22.2 Å². The molecule has 5 rings (SSSR count). The van der Waals surface area contributed by atoms with E-state index in [0.717, 1.165) is 44.9 Å². The van der Waals surface area contributed by atoms with Crippen molar-refractivity contribution in [3.05, 3.63) is 64.3 Å². The molecule has 134 valence electrons. The number of hydrogen-bond donors (Lipinski definition) is 0. The minimum atomic E-state index is 0.141. The van der Waals surface area contributed by atoms with Gasteiger partial charge in [0, 0.05) is 15.8 Å². The van der Waals surface area contributed by atoms with Crippen LogP contribution in [-0.4, -0.2) is 21.5 Å². The molecule has 1 aliphatic carbocycles. The predicted octanol–water partition coefficient (Wildman–Crippen LogP) is 5.62. The molecule has 0 saturated carbocycles. The monoisotopic (exact) mass is 390 g/mol. The van der Waals surface area contributed by atoms with Crippen LogP contribution in [-0.2, 0) is 12.8 Å². The summed E-state index contributed by atoms with van der Waals surface area (Å²) in [5.41, 5.74) is 2.18. The van der Waals surface area contributed by atoms with Gasteiger partial charge in [0.25, 0.3) is 0 Å². The molecule has 0 aliphatic heterocycles. The van der Waals surface area contributed by atoms with Gasteiger partial charge in [-0.2, -0.15) is 0 Å². The number of rotatable bonds is 4. The van der Waals surface area contributed by atoms with Crippen molar-refractivity contribution in [3.8, 4) is 0 Å². The third kappa shape index (κ3) is 3.05. The van der Waals surface area contributed by atoms with Crippen LogP contribution >= 0.6 is 23.1 Å². The average molecular weight is 391 g/mol. The zero-order valence-corrected chi connectivity index (χ0v) is 16.6. The van der Waals surface area contributed by atoms with Gasteiger partial charge in [0.05, 0.1) is 5.75 Å². The standard InChI is InChI=1S/C22H18N2OS2/c1-13-23-21(20-17-7-4-8-19(17)27-22(20)24-13)26-12-18(25)16-10-9-14-5-2-3-6-15(14)11-16/h2-3,5-6,9-11H,4,7-8,12H2,1H3. The molecule has 2 heterocycles. The van der Waals surface area contributed by atoms with Crippen LogP contribution in [0, 0.1) is 6.92 Å². The van der Waals surface area contributed by atoms with Gasteiger partial charge in [0.15, 0.2) is 5.78 Å². The second kappa shape index (κ2) is 6.73. The molecular weight excluding hydrogens is 372 g/mol. The topological polar surface area (TPSA) is 42.9 Å². The molecule has 0 atom stereocenters. The first-order valence-electron chi connectivity index (χ1n) is 9.13. The molecule has 0 amide bonds. The van der Waals surface area contributed by atoms with Crippen LogP contribution in [0.3, 0.4) is 0 Å². The molecule has 0 spiro atoms. The Balaban J connectivity index is 1.44. The minimum Gasteiger partial charge on any atom is -0.293 e. The summed E-state index contributed by atoms with van der Waals surface area (Å²) in [5.74, 6) is 1.32. The maximum absolute atomic E-state index is 12.8. The van der Waals surface area contributed by atoms with Crippen LogP contribution in [0.2, 0.25) is 0 Å². The molecule has 27 heavy (non-hydrogen) atoms. The first kappa shape index (κ1) is 16.9. The third-order valence-electron chi connectivity index (χ3n) is 5.05.